The average Bonchev–Trinajstić information content (AvgIpc) is 3.02. The maximum Gasteiger partial charge on any atom is 0.231 e. The Kier molecular flexibility index (Phi) is 3.41. The van der Waals surface area contributed by atoms with E-state index in [9.17, 15) is 0 Å². The lowest BCUT2D eigenvalue weighted by molar-refractivity contribution is 0.173. The number of fused-ring (bicyclic) bond motifs is 1. The molecule has 0 aromatic heterocycles. The van der Waals surface area contributed by atoms with Gasteiger partial charge in [0.2, 0.25) is 6.79 Å². The molecule has 6 heteroatoms. The number of nitrogens with two attached hydrogens (primary N) is 1. The van der Waals surface area contributed by atoms with E-state index in [0.717, 1.165) is 30.2 Å². The van der Waals surface area contributed by atoms with Gasteiger partial charge in [-0.15, -0.1) is 0 Å². The molecule has 1 aromatic rings. The monoisotopic (exact) mass is 290 g/mol. The fourth-order valence-corrected chi connectivity index (χ4v) is 2.80. The zero-order valence-corrected chi connectivity index (χ0v) is 12.8. The van der Waals surface area contributed by atoms with Gasteiger partial charge in [0.1, 0.15) is 0 Å². The normalized spacial score (nSPS) is 23.8. The maximum absolute atomic E-state index is 6.09. The number of ether oxygens (including phenoxy) is 2. The number of hydrogen-bond donors (Lipinski definition) is 1. The number of aliphatic imine (C=N–C) groups is 1. The minimum absolute atomic E-state index is 0.235. The number of rotatable bonds is 4. The first-order chi connectivity index (χ1) is 10.0. The maximum atomic E-state index is 6.09. The van der Waals surface area contributed by atoms with Crippen LogP contribution in [0.15, 0.2) is 23.2 Å². The van der Waals surface area contributed by atoms with E-state index in [1.54, 1.807) is 0 Å². The lowest BCUT2D eigenvalue weighted by Crippen LogP contribution is -2.49. The lowest BCUT2D eigenvalue weighted by atomic mass is 9.90. The number of benzene rings is 1. The van der Waals surface area contributed by atoms with Crippen molar-refractivity contribution in [3.05, 3.63) is 23.8 Å². The van der Waals surface area contributed by atoms with E-state index in [2.05, 4.69) is 41.9 Å². The van der Waals surface area contributed by atoms with Crippen molar-refractivity contribution in [3.8, 4) is 11.5 Å². The van der Waals surface area contributed by atoms with E-state index in [1.807, 2.05) is 12.1 Å². The average molecular weight is 290 g/mol. The van der Waals surface area contributed by atoms with Gasteiger partial charge in [-0.2, -0.15) is 0 Å². The molecule has 0 amide bonds. The minimum atomic E-state index is -0.235. The minimum Gasteiger partial charge on any atom is -0.454 e. The number of hydrogen-bond acceptors (Lipinski definition) is 6. The van der Waals surface area contributed by atoms with E-state index in [4.69, 9.17) is 15.2 Å². The highest BCUT2D eigenvalue weighted by atomic mass is 16.7. The summed E-state index contributed by atoms with van der Waals surface area (Å²) in [6, 6.07) is 6.07. The van der Waals surface area contributed by atoms with E-state index in [1.165, 1.54) is 0 Å². The van der Waals surface area contributed by atoms with Gasteiger partial charge in [-0.05, 0) is 38.7 Å². The second kappa shape index (κ2) is 5.11. The molecular weight excluding hydrogens is 268 g/mol. The van der Waals surface area contributed by atoms with Crippen molar-refractivity contribution in [1.29, 1.82) is 0 Å². The molecule has 1 atom stereocenters. The Labute approximate surface area is 125 Å². The van der Waals surface area contributed by atoms with Gasteiger partial charge in [0, 0.05) is 13.1 Å². The Bertz CT molecular complexity index is 573. The van der Waals surface area contributed by atoms with E-state index in [-0.39, 0.29) is 5.54 Å². The van der Waals surface area contributed by atoms with Crippen molar-refractivity contribution in [2.45, 2.75) is 12.5 Å². The summed E-state index contributed by atoms with van der Waals surface area (Å²) in [5.74, 6) is 2.21. The van der Waals surface area contributed by atoms with Crippen LogP contribution in [0.1, 0.15) is 12.5 Å². The molecule has 1 unspecified atom stereocenters. The smallest absolute Gasteiger partial charge is 0.231 e. The Morgan fingerprint density at radius 2 is 2.10 bits per heavy atom. The van der Waals surface area contributed by atoms with Crippen LogP contribution in [0, 0.1) is 0 Å². The van der Waals surface area contributed by atoms with Crippen molar-refractivity contribution in [3.63, 3.8) is 0 Å². The van der Waals surface area contributed by atoms with Gasteiger partial charge < -0.3 is 25.0 Å². The quantitative estimate of drug-likeness (QED) is 0.889. The molecule has 0 bridgehead atoms. The summed E-state index contributed by atoms with van der Waals surface area (Å²) < 4.78 is 10.9. The Hall–Kier alpha value is -1.95. The third kappa shape index (κ3) is 2.40. The van der Waals surface area contributed by atoms with Crippen LogP contribution >= 0.6 is 0 Å². The summed E-state index contributed by atoms with van der Waals surface area (Å²) in [6.45, 7) is 4.89. The molecule has 0 fully saturated rings. The van der Waals surface area contributed by atoms with Crippen LogP contribution in [0.2, 0.25) is 0 Å². The Balaban J connectivity index is 1.88. The first kappa shape index (κ1) is 14.0. The first-order valence-corrected chi connectivity index (χ1v) is 7.13. The second-order valence-corrected chi connectivity index (χ2v) is 5.97. The van der Waals surface area contributed by atoms with Gasteiger partial charge in [-0.3, -0.25) is 4.99 Å². The summed E-state index contributed by atoms with van der Waals surface area (Å²) in [5.41, 5.74) is 7.01. The van der Waals surface area contributed by atoms with Crippen LogP contribution in [0.5, 0.6) is 11.5 Å². The molecule has 0 aliphatic carbocycles. The van der Waals surface area contributed by atoms with Crippen LogP contribution in [0.4, 0.5) is 0 Å². The fraction of sp³-hybridized carbons (Fsp3) is 0.533. The molecule has 2 aliphatic rings. The summed E-state index contributed by atoms with van der Waals surface area (Å²) in [6.07, 6.45) is 0. The molecule has 21 heavy (non-hydrogen) atoms. The van der Waals surface area contributed by atoms with Gasteiger partial charge in [0.05, 0.1) is 12.1 Å². The SMILES string of the molecule is CN(C)CCN1C(N)=NCC1(C)c1ccc2c(c1)OCO2. The molecule has 0 saturated carbocycles. The topological polar surface area (TPSA) is 63.3 Å². The van der Waals surface area contributed by atoms with Crippen LogP contribution in [-0.4, -0.2) is 56.3 Å². The largest absolute Gasteiger partial charge is 0.454 e. The predicted octanol–water partition coefficient (Wildman–Crippen LogP) is 0.822. The highest BCUT2D eigenvalue weighted by Gasteiger charge is 2.40. The summed E-state index contributed by atoms with van der Waals surface area (Å²) >= 11 is 0. The van der Waals surface area contributed by atoms with Gasteiger partial charge in [-0.1, -0.05) is 6.07 Å². The number of likely N-dealkylation sites (N-methyl/N-ethyl adjacent to an activating group) is 1. The predicted molar refractivity (Wildman–Crippen MR) is 81.7 cm³/mol. The van der Waals surface area contributed by atoms with E-state index in [0.29, 0.717) is 19.3 Å². The third-order valence-corrected chi connectivity index (χ3v) is 4.19. The zero-order valence-electron chi connectivity index (χ0n) is 12.8. The van der Waals surface area contributed by atoms with Crippen molar-refractivity contribution in [1.82, 2.24) is 9.80 Å². The van der Waals surface area contributed by atoms with Gasteiger partial charge in [0.15, 0.2) is 17.5 Å². The van der Waals surface area contributed by atoms with E-state index < -0.39 is 0 Å². The van der Waals surface area contributed by atoms with Gasteiger partial charge in [-0.25, -0.2) is 0 Å². The molecule has 2 heterocycles. The summed E-state index contributed by atoms with van der Waals surface area (Å²) in [7, 11) is 4.11. The number of guanidine groups is 1. The molecule has 6 nitrogen and oxygen atoms in total. The molecule has 0 radical (unpaired) electrons. The van der Waals surface area contributed by atoms with Crippen molar-refractivity contribution < 1.29 is 9.47 Å². The van der Waals surface area contributed by atoms with Crippen LogP contribution < -0.4 is 15.2 Å². The third-order valence-electron chi connectivity index (χ3n) is 4.19. The van der Waals surface area contributed by atoms with Crippen LogP contribution in [0.3, 0.4) is 0 Å². The molecule has 2 N–H and O–H groups in total. The van der Waals surface area contributed by atoms with Crippen LogP contribution in [-0.2, 0) is 5.54 Å². The lowest BCUT2D eigenvalue weighted by Gasteiger charge is -2.37. The fourth-order valence-electron chi connectivity index (χ4n) is 2.80. The van der Waals surface area contributed by atoms with Crippen LogP contribution in [0.25, 0.3) is 0 Å². The molecule has 0 saturated heterocycles. The van der Waals surface area contributed by atoms with E-state index >= 15 is 0 Å². The standard InChI is InChI=1S/C15H22N4O2/c1-15(9-17-14(16)19(15)7-6-18(2)3)11-4-5-12-13(8-11)21-10-20-12/h4-5,8H,6-7,9-10H2,1-3H3,(H2,16,17). The summed E-state index contributed by atoms with van der Waals surface area (Å²) in [4.78, 5) is 8.76. The Morgan fingerprint density at radius 1 is 1.33 bits per heavy atom. The number of nitrogens with zero attached hydrogens (tertiary/aromatic N) is 3. The molecule has 114 valence electrons. The van der Waals surface area contributed by atoms with Crippen molar-refractivity contribution in [2.24, 2.45) is 10.7 Å². The zero-order chi connectivity index (χ0) is 15.0. The van der Waals surface area contributed by atoms with Crippen molar-refractivity contribution in [2.75, 3.05) is 40.5 Å². The highest BCUT2D eigenvalue weighted by Crippen LogP contribution is 2.39. The summed E-state index contributed by atoms with van der Waals surface area (Å²) in [5, 5.41) is 0. The van der Waals surface area contributed by atoms with Gasteiger partial charge in [0.25, 0.3) is 0 Å². The molecule has 1 aromatic carbocycles. The second-order valence-electron chi connectivity index (χ2n) is 5.97. The highest BCUT2D eigenvalue weighted by molar-refractivity contribution is 5.81. The molecule has 3 rings (SSSR count). The first-order valence-electron chi connectivity index (χ1n) is 7.13. The molecule has 0 spiro atoms. The molecule has 2 aliphatic heterocycles. The van der Waals surface area contributed by atoms with Gasteiger partial charge >= 0.3 is 0 Å². The Morgan fingerprint density at radius 3 is 2.86 bits per heavy atom. The van der Waals surface area contributed by atoms with Crippen molar-refractivity contribution >= 4 is 5.96 Å². The molecular formula is C15H22N4O2.